The lowest BCUT2D eigenvalue weighted by molar-refractivity contribution is -0.120. The summed E-state index contributed by atoms with van der Waals surface area (Å²) in [4.78, 5) is 48.5. The Hall–Kier alpha value is -3.68. The summed E-state index contributed by atoms with van der Waals surface area (Å²) in [6.07, 6.45) is 0. The summed E-state index contributed by atoms with van der Waals surface area (Å²) in [5.74, 6) is -1.72. The van der Waals surface area contributed by atoms with Crippen LogP contribution >= 0.6 is 0 Å². The number of ether oxygens (including phenoxy) is 2. The first-order valence-electron chi connectivity index (χ1n) is 8.30. The van der Waals surface area contributed by atoms with Crippen LogP contribution in [0.4, 0.5) is 11.4 Å². The zero-order valence-electron chi connectivity index (χ0n) is 15.7. The van der Waals surface area contributed by atoms with Crippen LogP contribution in [0.25, 0.3) is 0 Å². The van der Waals surface area contributed by atoms with Crippen LogP contribution in [0.5, 0.6) is 0 Å². The van der Waals surface area contributed by atoms with E-state index in [1.165, 1.54) is 50.3 Å². The molecule has 28 heavy (non-hydrogen) atoms. The summed E-state index contributed by atoms with van der Waals surface area (Å²) in [5.41, 5.74) is 1.64. The molecule has 2 rings (SSSR count). The summed E-state index contributed by atoms with van der Waals surface area (Å²) in [7, 11) is 2.56. The molecular formula is C20H20N2O6. The molecule has 146 valence electrons. The van der Waals surface area contributed by atoms with Gasteiger partial charge in [-0.05, 0) is 48.5 Å². The number of hydrogen-bond acceptors (Lipinski definition) is 6. The number of carbonyl (C=O) groups excluding carboxylic acids is 4. The topological polar surface area (TPSA) is 102 Å². The number of nitrogens with one attached hydrogen (secondary N) is 1. The van der Waals surface area contributed by atoms with Crippen molar-refractivity contribution >= 4 is 35.1 Å². The predicted octanol–water partition coefficient (Wildman–Crippen LogP) is 2.25. The minimum Gasteiger partial charge on any atom is -0.465 e. The van der Waals surface area contributed by atoms with Crippen molar-refractivity contribution in [2.75, 3.05) is 31.0 Å². The molecule has 8 nitrogen and oxygen atoms in total. The Bertz CT molecular complexity index is 875. The van der Waals surface area contributed by atoms with Crippen LogP contribution in [0.1, 0.15) is 27.6 Å². The molecule has 1 N–H and O–H groups in total. The third kappa shape index (κ3) is 5.16. The molecule has 2 aromatic carbocycles. The Labute approximate surface area is 162 Å². The average molecular weight is 384 g/mol. The van der Waals surface area contributed by atoms with Crippen molar-refractivity contribution in [2.24, 2.45) is 0 Å². The molecule has 0 saturated carbocycles. The number of anilines is 2. The summed E-state index contributed by atoms with van der Waals surface area (Å²) in [6.45, 7) is 1.12. The Morgan fingerprint density at radius 1 is 0.821 bits per heavy atom. The first-order chi connectivity index (χ1) is 13.3. The number of hydrogen-bond donors (Lipinski definition) is 1. The predicted molar refractivity (Wildman–Crippen MR) is 102 cm³/mol. The van der Waals surface area contributed by atoms with Crippen LogP contribution in [0.15, 0.2) is 48.5 Å². The molecule has 0 aromatic heterocycles. The molecule has 0 atom stereocenters. The second-order valence-electron chi connectivity index (χ2n) is 5.76. The first-order valence-corrected chi connectivity index (χ1v) is 8.30. The van der Waals surface area contributed by atoms with Crippen molar-refractivity contribution in [3.63, 3.8) is 0 Å². The summed E-state index contributed by atoms with van der Waals surface area (Å²) in [6, 6.07) is 12.3. The highest BCUT2D eigenvalue weighted by Crippen LogP contribution is 2.17. The summed E-state index contributed by atoms with van der Waals surface area (Å²) >= 11 is 0. The van der Waals surface area contributed by atoms with Crippen molar-refractivity contribution in [3.05, 3.63) is 59.7 Å². The molecule has 0 heterocycles. The molecule has 0 saturated heterocycles. The normalized spacial score (nSPS) is 9.96. The van der Waals surface area contributed by atoms with Crippen molar-refractivity contribution in [1.29, 1.82) is 0 Å². The molecule has 0 aliphatic carbocycles. The SMILES string of the molecule is COC(=O)c1ccc(NC(=O)CN(C(C)=O)c2ccc(C(=O)OC)cc2)cc1. The van der Waals surface area contributed by atoms with E-state index < -0.39 is 17.8 Å². The van der Waals surface area contributed by atoms with Crippen LogP contribution in [0.3, 0.4) is 0 Å². The third-order valence-corrected chi connectivity index (χ3v) is 3.87. The van der Waals surface area contributed by atoms with Gasteiger partial charge in [-0.15, -0.1) is 0 Å². The maximum absolute atomic E-state index is 12.3. The molecule has 0 aliphatic heterocycles. The van der Waals surface area contributed by atoms with E-state index in [0.29, 0.717) is 22.5 Å². The zero-order chi connectivity index (χ0) is 20.7. The lowest BCUT2D eigenvalue weighted by Crippen LogP contribution is -2.36. The lowest BCUT2D eigenvalue weighted by atomic mass is 10.2. The van der Waals surface area contributed by atoms with Gasteiger partial charge >= 0.3 is 11.9 Å². The number of rotatable bonds is 6. The van der Waals surface area contributed by atoms with Crippen LogP contribution in [0, 0.1) is 0 Å². The second kappa shape index (κ2) is 9.31. The lowest BCUT2D eigenvalue weighted by Gasteiger charge is -2.21. The molecule has 0 fully saturated rings. The minimum atomic E-state index is -0.492. The minimum absolute atomic E-state index is 0.217. The molecule has 0 aliphatic rings. The van der Waals surface area contributed by atoms with Gasteiger partial charge < -0.3 is 19.7 Å². The Kier molecular flexibility index (Phi) is 6.86. The van der Waals surface area contributed by atoms with Gasteiger partial charge in [0.05, 0.1) is 25.3 Å². The van der Waals surface area contributed by atoms with Gasteiger partial charge in [-0.2, -0.15) is 0 Å². The van der Waals surface area contributed by atoms with E-state index in [4.69, 9.17) is 0 Å². The van der Waals surface area contributed by atoms with Crippen molar-refractivity contribution in [3.8, 4) is 0 Å². The quantitative estimate of drug-likeness (QED) is 0.767. The highest BCUT2D eigenvalue weighted by atomic mass is 16.5. The van der Waals surface area contributed by atoms with E-state index in [-0.39, 0.29) is 12.5 Å². The summed E-state index contributed by atoms with van der Waals surface area (Å²) in [5, 5.41) is 2.66. The van der Waals surface area contributed by atoms with Crippen molar-refractivity contribution in [2.45, 2.75) is 6.92 Å². The van der Waals surface area contributed by atoms with E-state index in [2.05, 4.69) is 14.8 Å². The largest absolute Gasteiger partial charge is 0.465 e. The van der Waals surface area contributed by atoms with Gasteiger partial charge in [0.1, 0.15) is 6.54 Å². The Morgan fingerprint density at radius 3 is 1.71 bits per heavy atom. The van der Waals surface area contributed by atoms with Crippen molar-refractivity contribution < 1.29 is 28.7 Å². The number of nitrogens with zero attached hydrogens (tertiary/aromatic N) is 1. The maximum Gasteiger partial charge on any atom is 0.337 e. The molecule has 2 aromatic rings. The summed E-state index contributed by atoms with van der Waals surface area (Å²) < 4.78 is 9.25. The highest BCUT2D eigenvalue weighted by Gasteiger charge is 2.17. The van der Waals surface area contributed by atoms with E-state index >= 15 is 0 Å². The smallest absolute Gasteiger partial charge is 0.337 e. The van der Waals surface area contributed by atoms with E-state index in [0.717, 1.165) is 0 Å². The fourth-order valence-corrected chi connectivity index (χ4v) is 2.43. The zero-order valence-corrected chi connectivity index (χ0v) is 15.7. The molecule has 2 amide bonds. The number of methoxy groups -OCH3 is 2. The Balaban J connectivity index is 2.07. The van der Waals surface area contributed by atoms with Gasteiger partial charge in [0.2, 0.25) is 11.8 Å². The van der Waals surface area contributed by atoms with E-state index in [1.54, 1.807) is 24.3 Å². The Morgan fingerprint density at radius 2 is 1.29 bits per heavy atom. The number of benzene rings is 2. The van der Waals surface area contributed by atoms with Gasteiger partial charge in [-0.3, -0.25) is 9.59 Å². The molecular weight excluding hydrogens is 364 g/mol. The van der Waals surface area contributed by atoms with Crippen LogP contribution < -0.4 is 10.2 Å². The van der Waals surface area contributed by atoms with Gasteiger partial charge in [0, 0.05) is 18.3 Å². The highest BCUT2D eigenvalue weighted by molar-refractivity contribution is 6.02. The van der Waals surface area contributed by atoms with E-state index in [9.17, 15) is 19.2 Å². The molecule has 8 heteroatoms. The van der Waals surface area contributed by atoms with Crippen LogP contribution in [-0.4, -0.2) is 44.5 Å². The van der Waals surface area contributed by atoms with Crippen molar-refractivity contribution in [1.82, 2.24) is 0 Å². The third-order valence-electron chi connectivity index (χ3n) is 3.87. The van der Waals surface area contributed by atoms with Gasteiger partial charge in [-0.25, -0.2) is 9.59 Å². The monoisotopic (exact) mass is 384 g/mol. The molecule has 0 bridgehead atoms. The molecule has 0 unspecified atom stereocenters. The van der Waals surface area contributed by atoms with E-state index in [1.807, 2.05) is 0 Å². The van der Waals surface area contributed by atoms with Gasteiger partial charge in [0.25, 0.3) is 0 Å². The maximum atomic E-state index is 12.3. The second-order valence-corrected chi connectivity index (χ2v) is 5.76. The number of esters is 2. The molecule has 0 spiro atoms. The van der Waals surface area contributed by atoms with Crippen LogP contribution in [-0.2, 0) is 19.1 Å². The van der Waals surface area contributed by atoms with Gasteiger partial charge in [0.15, 0.2) is 0 Å². The number of amides is 2. The standard InChI is InChI=1S/C20H20N2O6/c1-13(23)22(17-10-6-15(7-11-17)20(26)28-3)12-18(24)21-16-8-4-14(5-9-16)19(25)27-2/h4-11H,12H2,1-3H3,(H,21,24). The number of carbonyl (C=O) groups is 4. The average Bonchev–Trinajstić information content (AvgIpc) is 2.71. The van der Waals surface area contributed by atoms with Crippen LogP contribution in [0.2, 0.25) is 0 Å². The fraction of sp³-hybridized carbons (Fsp3) is 0.200. The fourth-order valence-electron chi connectivity index (χ4n) is 2.43. The van der Waals surface area contributed by atoms with Gasteiger partial charge in [-0.1, -0.05) is 0 Å². The molecule has 0 radical (unpaired) electrons. The first kappa shape index (κ1) is 20.6.